The summed E-state index contributed by atoms with van der Waals surface area (Å²) in [4.78, 5) is 20.8. The summed E-state index contributed by atoms with van der Waals surface area (Å²) in [6.45, 7) is 12.2. The standard InChI is InChI=1S/C20H25N7O2.C7H8/c1-13-15-11-14(5-6-16(15)24-23-13)18-22-17(12-21-25-18)26-7-9-27(10-8-26)19(28)29-20(2,3)4;1-7-5-3-2-4-6-7/h5-6,11-12H,7-10H2,1-4H3,(H,23,24);2-6H,1H3. The van der Waals surface area contributed by atoms with E-state index in [9.17, 15) is 4.79 Å². The minimum atomic E-state index is -0.492. The first-order chi connectivity index (χ1) is 17.2. The Morgan fingerprint density at radius 2 is 1.72 bits per heavy atom. The van der Waals surface area contributed by atoms with Gasteiger partial charge in [-0.3, -0.25) is 5.10 Å². The van der Waals surface area contributed by atoms with E-state index < -0.39 is 5.60 Å². The molecule has 1 fully saturated rings. The minimum Gasteiger partial charge on any atom is -0.444 e. The molecule has 3 heterocycles. The Bertz CT molecular complexity index is 1310. The lowest BCUT2D eigenvalue weighted by Crippen LogP contribution is -2.50. The molecule has 2 aromatic carbocycles. The zero-order valence-electron chi connectivity index (χ0n) is 21.5. The molecule has 36 heavy (non-hydrogen) atoms. The second-order valence-electron chi connectivity index (χ2n) is 9.83. The van der Waals surface area contributed by atoms with Crippen LogP contribution in [0.15, 0.2) is 54.7 Å². The van der Waals surface area contributed by atoms with Gasteiger partial charge in [0.15, 0.2) is 11.6 Å². The molecule has 188 valence electrons. The number of H-pyrrole nitrogens is 1. The molecule has 0 saturated carbocycles. The molecule has 0 unspecified atom stereocenters. The van der Waals surface area contributed by atoms with Gasteiger partial charge in [0.25, 0.3) is 0 Å². The predicted octanol–water partition coefficient (Wildman–Crippen LogP) is 4.78. The summed E-state index contributed by atoms with van der Waals surface area (Å²) in [7, 11) is 0. The Hall–Kier alpha value is -4.01. The Kier molecular flexibility index (Phi) is 7.47. The van der Waals surface area contributed by atoms with E-state index in [4.69, 9.17) is 9.72 Å². The van der Waals surface area contributed by atoms with Crippen LogP contribution in [0.3, 0.4) is 0 Å². The molecule has 1 aliphatic heterocycles. The van der Waals surface area contributed by atoms with Crippen molar-refractivity contribution in [3.05, 3.63) is 66.0 Å². The fourth-order valence-electron chi connectivity index (χ4n) is 3.83. The van der Waals surface area contributed by atoms with Crippen LogP contribution in [0.2, 0.25) is 0 Å². The molecule has 1 amide bonds. The number of rotatable bonds is 2. The van der Waals surface area contributed by atoms with Gasteiger partial charge in [-0.05, 0) is 52.8 Å². The lowest BCUT2D eigenvalue weighted by atomic mass is 10.1. The van der Waals surface area contributed by atoms with E-state index >= 15 is 0 Å². The second-order valence-corrected chi connectivity index (χ2v) is 9.83. The molecule has 1 aliphatic rings. The largest absolute Gasteiger partial charge is 0.444 e. The van der Waals surface area contributed by atoms with Crippen LogP contribution >= 0.6 is 0 Å². The number of ether oxygens (including phenoxy) is 1. The van der Waals surface area contributed by atoms with Gasteiger partial charge in [0.05, 0.1) is 11.7 Å². The summed E-state index contributed by atoms with van der Waals surface area (Å²) in [6, 6.07) is 16.2. The van der Waals surface area contributed by atoms with E-state index in [1.165, 1.54) is 5.56 Å². The third-order valence-electron chi connectivity index (χ3n) is 5.74. The zero-order valence-corrected chi connectivity index (χ0v) is 21.5. The van der Waals surface area contributed by atoms with Gasteiger partial charge in [-0.15, -0.1) is 5.10 Å². The molecule has 0 bridgehead atoms. The van der Waals surface area contributed by atoms with Crippen LogP contribution in [-0.2, 0) is 4.74 Å². The molecular formula is C27H33N7O2. The number of nitrogens with zero attached hydrogens (tertiary/aromatic N) is 6. The van der Waals surface area contributed by atoms with Gasteiger partial charge in [0, 0.05) is 42.8 Å². The number of carbonyl (C=O) groups is 1. The minimum absolute atomic E-state index is 0.276. The first-order valence-electron chi connectivity index (χ1n) is 12.1. The number of piperazine rings is 1. The van der Waals surface area contributed by atoms with E-state index in [0.29, 0.717) is 32.0 Å². The van der Waals surface area contributed by atoms with E-state index in [0.717, 1.165) is 28.0 Å². The molecule has 0 atom stereocenters. The van der Waals surface area contributed by atoms with Crippen molar-refractivity contribution in [3.63, 3.8) is 0 Å². The lowest BCUT2D eigenvalue weighted by Gasteiger charge is -2.36. The molecule has 1 saturated heterocycles. The topological polar surface area (TPSA) is 100 Å². The van der Waals surface area contributed by atoms with Crippen molar-refractivity contribution in [3.8, 4) is 11.4 Å². The van der Waals surface area contributed by atoms with Crippen molar-refractivity contribution >= 4 is 22.8 Å². The highest BCUT2D eigenvalue weighted by Gasteiger charge is 2.26. The van der Waals surface area contributed by atoms with Crippen LogP contribution in [-0.4, -0.2) is 68.2 Å². The molecule has 5 rings (SSSR count). The summed E-state index contributed by atoms with van der Waals surface area (Å²) in [6.07, 6.45) is 1.39. The SMILES string of the molecule is Cc1[nH]nc2ccc(-c3nncc(N4CCN(C(=O)OC(C)(C)C)CC4)n3)cc12.Cc1ccccc1. The second kappa shape index (κ2) is 10.7. The molecule has 0 radical (unpaired) electrons. The van der Waals surface area contributed by atoms with Crippen molar-refractivity contribution in [2.45, 2.75) is 40.2 Å². The molecule has 0 aliphatic carbocycles. The Labute approximate surface area is 211 Å². The first-order valence-corrected chi connectivity index (χ1v) is 12.1. The highest BCUT2D eigenvalue weighted by atomic mass is 16.6. The smallest absolute Gasteiger partial charge is 0.410 e. The number of hydrogen-bond acceptors (Lipinski definition) is 7. The molecule has 1 N–H and O–H groups in total. The van der Waals surface area contributed by atoms with E-state index in [1.54, 1.807) is 11.1 Å². The molecule has 4 aromatic rings. The number of amides is 1. The van der Waals surface area contributed by atoms with Gasteiger partial charge in [0.1, 0.15) is 5.60 Å². The van der Waals surface area contributed by atoms with Crippen LogP contribution < -0.4 is 4.90 Å². The van der Waals surface area contributed by atoms with Crippen molar-refractivity contribution < 1.29 is 9.53 Å². The van der Waals surface area contributed by atoms with Crippen LogP contribution in [0.25, 0.3) is 22.3 Å². The number of carbonyl (C=O) groups excluding carboxylic acids is 1. The Morgan fingerprint density at radius 1 is 1.00 bits per heavy atom. The van der Waals surface area contributed by atoms with E-state index in [1.807, 2.05) is 64.1 Å². The number of hydrogen-bond donors (Lipinski definition) is 1. The monoisotopic (exact) mass is 487 g/mol. The summed E-state index contributed by atoms with van der Waals surface area (Å²) in [5.41, 5.74) is 3.64. The van der Waals surface area contributed by atoms with Crippen molar-refractivity contribution in [1.29, 1.82) is 0 Å². The normalized spacial score (nSPS) is 13.8. The van der Waals surface area contributed by atoms with Gasteiger partial charge in [-0.1, -0.05) is 35.9 Å². The molecule has 2 aromatic heterocycles. The maximum absolute atomic E-state index is 12.2. The number of aryl methyl sites for hydroxylation is 2. The van der Waals surface area contributed by atoms with Crippen LogP contribution in [0.1, 0.15) is 32.0 Å². The third kappa shape index (κ3) is 6.35. The summed E-state index contributed by atoms with van der Waals surface area (Å²) >= 11 is 0. The number of anilines is 1. The van der Waals surface area contributed by atoms with Gasteiger partial charge in [-0.25, -0.2) is 9.78 Å². The molecular weight excluding hydrogens is 454 g/mol. The quantitative estimate of drug-likeness (QED) is 0.434. The average molecular weight is 488 g/mol. The maximum Gasteiger partial charge on any atom is 0.410 e. The number of fused-ring (bicyclic) bond motifs is 1. The number of aromatic nitrogens is 5. The fraction of sp³-hybridized carbons (Fsp3) is 0.370. The van der Waals surface area contributed by atoms with Crippen LogP contribution in [0, 0.1) is 13.8 Å². The fourth-order valence-corrected chi connectivity index (χ4v) is 3.83. The van der Waals surface area contributed by atoms with Crippen molar-refractivity contribution in [1.82, 2.24) is 30.3 Å². The summed E-state index contributed by atoms with van der Waals surface area (Å²) in [5, 5.41) is 16.6. The summed E-state index contributed by atoms with van der Waals surface area (Å²) in [5.74, 6) is 1.32. The van der Waals surface area contributed by atoms with Crippen molar-refractivity contribution in [2.75, 3.05) is 31.1 Å². The summed E-state index contributed by atoms with van der Waals surface area (Å²) < 4.78 is 5.46. The van der Waals surface area contributed by atoms with Gasteiger partial charge >= 0.3 is 6.09 Å². The van der Waals surface area contributed by atoms with Gasteiger partial charge in [0.2, 0.25) is 0 Å². The highest BCUT2D eigenvalue weighted by molar-refractivity contribution is 5.85. The Balaban J connectivity index is 0.000000375. The highest BCUT2D eigenvalue weighted by Crippen LogP contribution is 2.24. The lowest BCUT2D eigenvalue weighted by molar-refractivity contribution is 0.0240. The number of aromatic amines is 1. The predicted molar refractivity (Wildman–Crippen MR) is 141 cm³/mol. The first kappa shape index (κ1) is 25.1. The Morgan fingerprint density at radius 3 is 2.36 bits per heavy atom. The third-order valence-corrected chi connectivity index (χ3v) is 5.74. The van der Waals surface area contributed by atoms with Gasteiger partial charge in [-0.2, -0.15) is 10.2 Å². The molecule has 9 heteroatoms. The van der Waals surface area contributed by atoms with Crippen molar-refractivity contribution in [2.24, 2.45) is 0 Å². The maximum atomic E-state index is 12.2. The van der Waals surface area contributed by atoms with E-state index in [2.05, 4.69) is 44.4 Å². The molecule has 0 spiro atoms. The zero-order chi connectivity index (χ0) is 25.7. The molecule has 9 nitrogen and oxygen atoms in total. The number of nitrogens with one attached hydrogen (secondary N) is 1. The number of benzene rings is 2. The van der Waals surface area contributed by atoms with Crippen LogP contribution in [0.5, 0.6) is 0 Å². The average Bonchev–Trinajstić information content (AvgIpc) is 3.24. The van der Waals surface area contributed by atoms with Gasteiger partial charge < -0.3 is 14.5 Å². The van der Waals surface area contributed by atoms with Crippen LogP contribution in [0.4, 0.5) is 10.6 Å². The van der Waals surface area contributed by atoms with E-state index in [-0.39, 0.29) is 6.09 Å².